The van der Waals surface area contributed by atoms with Gasteiger partial charge in [-0.1, -0.05) is 51.7 Å². The molecule has 1 aromatic rings. The van der Waals surface area contributed by atoms with Gasteiger partial charge < -0.3 is 10.4 Å². The van der Waals surface area contributed by atoms with Gasteiger partial charge in [0, 0.05) is 19.4 Å². The molecule has 1 heterocycles. The highest BCUT2D eigenvalue weighted by atomic mass is 16.4. The number of carbonyl (C=O) groups is 4. The molecule has 2 N–H and O–H groups in total. The quantitative estimate of drug-likeness (QED) is 0.315. The number of nitrogens with one attached hydrogen (secondary N) is 1. The van der Waals surface area contributed by atoms with Gasteiger partial charge in [0.05, 0.1) is 17.2 Å². The Morgan fingerprint density at radius 3 is 2.50 bits per heavy atom. The number of carboxylic acids is 1. The first-order chi connectivity index (χ1) is 15.4. The highest BCUT2D eigenvalue weighted by Gasteiger charge is 2.41. The van der Waals surface area contributed by atoms with Crippen molar-refractivity contribution in [3.8, 4) is 0 Å². The van der Waals surface area contributed by atoms with E-state index in [1.54, 1.807) is 18.2 Å². The van der Waals surface area contributed by atoms with Crippen LogP contribution in [0.3, 0.4) is 0 Å². The van der Waals surface area contributed by atoms with Crippen molar-refractivity contribution in [3.63, 3.8) is 0 Å². The smallest absolute Gasteiger partial charge is 0.337 e. The van der Waals surface area contributed by atoms with Crippen LogP contribution >= 0.6 is 0 Å². The van der Waals surface area contributed by atoms with E-state index in [0.717, 1.165) is 38.5 Å². The first-order valence-corrected chi connectivity index (χ1v) is 11.8. The van der Waals surface area contributed by atoms with Gasteiger partial charge in [0.15, 0.2) is 0 Å². The number of nitrogens with zero attached hydrogens (tertiary/aromatic N) is 1. The second-order valence-electron chi connectivity index (χ2n) is 8.59. The predicted molar refractivity (Wildman–Crippen MR) is 123 cm³/mol. The first-order valence-electron chi connectivity index (χ1n) is 11.8. The minimum atomic E-state index is -1.10. The van der Waals surface area contributed by atoms with Crippen LogP contribution in [0.5, 0.6) is 0 Å². The van der Waals surface area contributed by atoms with E-state index in [4.69, 9.17) is 0 Å². The predicted octanol–water partition coefficient (Wildman–Crippen LogP) is 4.87. The average molecular weight is 445 g/mol. The number of carbonyl (C=O) groups excluding carboxylic acids is 3. The molecule has 0 spiro atoms. The summed E-state index contributed by atoms with van der Waals surface area (Å²) in [7, 11) is 0. The Bertz CT molecular complexity index is 807. The maximum Gasteiger partial charge on any atom is 0.337 e. The number of aromatic carboxylic acids is 1. The van der Waals surface area contributed by atoms with Crippen molar-refractivity contribution in [2.75, 3.05) is 11.9 Å². The number of anilines is 1. The molecule has 1 aliphatic rings. The number of rotatable bonds is 14. The largest absolute Gasteiger partial charge is 0.478 e. The fourth-order valence-corrected chi connectivity index (χ4v) is 4.43. The van der Waals surface area contributed by atoms with E-state index in [2.05, 4.69) is 19.2 Å². The van der Waals surface area contributed by atoms with E-state index in [9.17, 15) is 24.3 Å². The van der Waals surface area contributed by atoms with Crippen LogP contribution in [0.1, 0.15) is 88.4 Å². The number of para-hydroxylation sites is 1. The second kappa shape index (κ2) is 13.0. The monoisotopic (exact) mass is 444 g/mol. The van der Waals surface area contributed by atoms with E-state index in [1.807, 2.05) is 0 Å². The normalized spacial score (nSPS) is 16.9. The molecule has 1 saturated heterocycles. The number of imide groups is 1. The lowest BCUT2D eigenvalue weighted by molar-refractivity contribution is -0.140. The SMILES string of the molecule is CCCCCC(CCC)C1CC(=O)N(CCCCC(=O)Nc2ccccc2C(=O)O)C1=O. The van der Waals surface area contributed by atoms with E-state index >= 15 is 0 Å². The Morgan fingerprint density at radius 1 is 1.06 bits per heavy atom. The molecule has 0 aromatic heterocycles. The van der Waals surface area contributed by atoms with Crippen molar-refractivity contribution in [1.29, 1.82) is 0 Å². The number of likely N-dealkylation sites (tertiary alicyclic amines) is 1. The summed E-state index contributed by atoms with van der Waals surface area (Å²) in [5, 5.41) is 11.8. The highest BCUT2D eigenvalue weighted by molar-refractivity contribution is 6.03. The van der Waals surface area contributed by atoms with Gasteiger partial charge in [0.2, 0.25) is 17.7 Å². The third kappa shape index (κ3) is 7.18. The van der Waals surface area contributed by atoms with E-state index in [1.165, 1.54) is 11.0 Å². The molecule has 32 heavy (non-hydrogen) atoms. The zero-order chi connectivity index (χ0) is 23.5. The Morgan fingerprint density at radius 2 is 1.81 bits per heavy atom. The van der Waals surface area contributed by atoms with Crippen LogP contribution in [0.4, 0.5) is 5.69 Å². The van der Waals surface area contributed by atoms with Gasteiger partial charge in [0.25, 0.3) is 0 Å². The Kier molecular flexibility index (Phi) is 10.4. The van der Waals surface area contributed by atoms with Gasteiger partial charge in [-0.15, -0.1) is 0 Å². The van der Waals surface area contributed by atoms with Crippen LogP contribution in [0.25, 0.3) is 0 Å². The average Bonchev–Trinajstić information content (AvgIpc) is 3.04. The van der Waals surface area contributed by atoms with Gasteiger partial charge in [0.1, 0.15) is 0 Å². The van der Waals surface area contributed by atoms with Gasteiger partial charge in [-0.05, 0) is 43.7 Å². The number of benzene rings is 1. The third-order valence-corrected chi connectivity index (χ3v) is 6.15. The van der Waals surface area contributed by atoms with Crippen LogP contribution < -0.4 is 5.32 Å². The van der Waals surface area contributed by atoms with E-state index in [-0.39, 0.29) is 47.2 Å². The zero-order valence-corrected chi connectivity index (χ0v) is 19.3. The topological polar surface area (TPSA) is 104 Å². The minimum absolute atomic E-state index is 0.0423. The third-order valence-electron chi connectivity index (χ3n) is 6.15. The van der Waals surface area contributed by atoms with Crippen molar-refractivity contribution in [2.24, 2.45) is 11.8 Å². The number of hydrogen-bond donors (Lipinski definition) is 2. The molecule has 0 radical (unpaired) electrons. The molecule has 0 bridgehead atoms. The second-order valence-corrected chi connectivity index (χ2v) is 8.59. The standard InChI is InChI=1S/C25H36N2O5/c1-3-5-6-12-18(11-4-2)20-17-23(29)27(24(20)30)16-10-9-15-22(28)26-21-14-8-7-13-19(21)25(31)32/h7-8,13-14,18,20H,3-6,9-12,15-17H2,1-2H3,(H,26,28)(H,31,32). The van der Waals surface area contributed by atoms with Crippen LogP contribution in [0.2, 0.25) is 0 Å². The lowest BCUT2D eigenvalue weighted by Crippen LogP contribution is -2.33. The van der Waals surface area contributed by atoms with Gasteiger partial charge in [-0.25, -0.2) is 4.79 Å². The lowest BCUT2D eigenvalue weighted by Gasteiger charge is -2.22. The molecule has 2 unspecified atom stereocenters. The zero-order valence-electron chi connectivity index (χ0n) is 19.3. The Balaban J connectivity index is 1.81. The number of carboxylic acid groups (broad SMARTS) is 1. The number of amides is 3. The van der Waals surface area contributed by atoms with Gasteiger partial charge >= 0.3 is 5.97 Å². The molecule has 1 aromatic carbocycles. The molecule has 0 saturated carbocycles. The van der Waals surface area contributed by atoms with Gasteiger partial charge in [-0.2, -0.15) is 0 Å². The summed E-state index contributed by atoms with van der Waals surface area (Å²) in [6, 6.07) is 6.26. The fourth-order valence-electron chi connectivity index (χ4n) is 4.43. The van der Waals surface area contributed by atoms with E-state index in [0.29, 0.717) is 25.8 Å². The maximum atomic E-state index is 12.9. The number of hydrogen-bond acceptors (Lipinski definition) is 4. The molecular formula is C25H36N2O5. The molecule has 3 amide bonds. The molecular weight excluding hydrogens is 408 g/mol. The Hall–Kier alpha value is -2.70. The van der Waals surface area contributed by atoms with Crippen LogP contribution in [0, 0.1) is 11.8 Å². The van der Waals surface area contributed by atoms with Crippen molar-refractivity contribution in [2.45, 2.75) is 78.1 Å². The van der Waals surface area contributed by atoms with Crippen molar-refractivity contribution < 1.29 is 24.3 Å². The first kappa shape index (κ1) is 25.6. The van der Waals surface area contributed by atoms with Crippen molar-refractivity contribution in [3.05, 3.63) is 29.8 Å². The molecule has 2 rings (SSSR count). The summed E-state index contributed by atoms with van der Waals surface area (Å²) < 4.78 is 0. The van der Waals surface area contributed by atoms with Gasteiger partial charge in [-0.3, -0.25) is 19.3 Å². The summed E-state index contributed by atoms with van der Waals surface area (Å²) >= 11 is 0. The van der Waals surface area contributed by atoms with Crippen LogP contribution in [0.15, 0.2) is 24.3 Å². The van der Waals surface area contributed by atoms with Crippen LogP contribution in [-0.2, 0) is 14.4 Å². The highest BCUT2D eigenvalue weighted by Crippen LogP contribution is 2.33. The molecule has 2 atom stereocenters. The summed E-state index contributed by atoms with van der Waals surface area (Å²) in [4.78, 5) is 50.2. The van der Waals surface area contributed by atoms with E-state index < -0.39 is 5.97 Å². The molecule has 7 heteroatoms. The van der Waals surface area contributed by atoms with Crippen molar-refractivity contribution >= 4 is 29.4 Å². The summed E-state index contributed by atoms with van der Waals surface area (Å²) in [6.07, 6.45) is 7.93. The molecule has 7 nitrogen and oxygen atoms in total. The lowest BCUT2D eigenvalue weighted by atomic mass is 9.83. The fraction of sp³-hybridized carbons (Fsp3) is 0.600. The molecule has 1 aliphatic heterocycles. The number of unbranched alkanes of at least 4 members (excludes halogenated alkanes) is 3. The molecule has 1 fully saturated rings. The summed E-state index contributed by atoms with van der Waals surface area (Å²) in [5.74, 6) is -1.46. The minimum Gasteiger partial charge on any atom is -0.478 e. The maximum absolute atomic E-state index is 12.9. The molecule has 0 aliphatic carbocycles. The van der Waals surface area contributed by atoms with Crippen molar-refractivity contribution in [1.82, 2.24) is 4.90 Å². The summed E-state index contributed by atoms with van der Waals surface area (Å²) in [6.45, 7) is 4.61. The van der Waals surface area contributed by atoms with Crippen LogP contribution in [-0.4, -0.2) is 40.2 Å². The summed E-state index contributed by atoms with van der Waals surface area (Å²) in [5.41, 5.74) is 0.309. The molecule has 176 valence electrons. The Labute approximate surface area is 190 Å².